The van der Waals surface area contributed by atoms with E-state index in [2.05, 4.69) is 15.6 Å². The molecule has 0 spiro atoms. The number of rotatable bonds is 13. The zero-order valence-corrected chi connectivity index (χ0v) is 23.0. The largest absolute Gasteiger partial charge is 0.480 e. The Morgan fingerprint density at radius 1 is 1.00 bits per heavy atom. The van der Waals surface area contributed by atoms with Crippen LogP contribution in [0.15, 0.2) is 64.2 Å². The van der Waals surface area contributed by atoms with E-state index in [4.69, 9.17) is 0 Å². The van der Waals surface area contributed by atoms with E-state index in [9.17, 15) is 29.1 Å². The molecule has 10 nitrogen and oxygen atoms in total. The average Bonchev–Trinajstić information content (AvgIpc) is 2.93. The fraction of sp³-hybridized carbons (Fsp3) is 0.393. The maximum atomic E-state index is 13.8. The monoisotopic (exact) mass is 554 g/mol. The number of aromatic amines is 1. The number of amides is 2. The number of nitrogens with one attached hydrogen (secondary N) is 3. The van der Waals surface area contributed by atoms with E-state index in [1.807, 2.05) is 19.2 Å². The number of hydrogen-bond donors (Lipinski definition) is 4. The Balaban J connectivity index is 2.00. The number of benzene rings is 2. The average molecular weight is 555 g/mol. The molecule has 4 N–H and O–H groups in total. The summed E-state index contributed by atoms with van der Waals surface area (Å²) in [6.07, 6.45) is 2.60. The molecule has 0 aliphatic carbocycles. The minimum atomic E-state index is -1.26. The second-order valence-electron chi connectivity index (χ2n) is 9.41. The quantitative estimate of drug-likeness (QED) is 0.253. The van der Waals surface area contributed by atoms with E-state index in [-0.39, 0.29) is 24.1 Å². The van der Waals surface area contributed by atoms with Gasteiger partial charge in [0.2, 0.25) is 11.8 Å². The first-order chi connectivity index (χ1) is 18.7. The molecular weight excluding hydrogens is 520 g/mol. The number of nitrogens with zero attached hydrogens (tertiary/aromatic N) is 1. The van der Waals surface area contributed by atoms with Gasteiger partial charge in [-0.25, -0.2) is 14.2 Å². The van der Waals surface area contributed by atoms with Crippen LogP contribution in [0.5, 0.6) is 0 Å². The van der Waals surface area contributed by atoms with Crippen molar-refractivity contribution in [1.29, 1.82) is 0 Å². The maximum Gasteiger partial charge on any atom is 0.329 e. The highest BCUT2D eigenvalue weighted by Crippen LogP contribution is 2.16. The van der Waals surface area contributed by atoms with Gasteiger partial charge in [-0.3, -0.25) is 14.4 Å². The number of aromatic nitrogens is 2. The van der Waals surface area contributed by atoms with E-state index in [0.29, 0.717) is 23.3 Å². The molecule has 0 aliphatic heterocycles. The number of hydrogen-bond acceptors (Lipinski definition) is 6. The highest BCUT2D eigenvalue weighted by Gasteiger charge is 2.33. The molecule has 39 heavy (non-hydrogen) atoms. The van der Waals surface area contributed by atoms with Crippen LogP contribution in [0.25, 0.3) is 10.9 Å². The number of aliphatic carboxylic acids is 1. The number of fused-ring (bicyclic) bond motifs is 1. The number of H-pyrrole nitrogens is 1. The van der Waals surface area contributed by atoms with E-state index in [1.54, 1.807) is 55.5 Å². The minimum Gasteiger partial charge on any atom is -0.480 e. The number of carboxylic acid groups (broad SMARTS) is 1. The van der Waals surface area contributed by atoms with Crippen molar-refractivity contribution in [3.05, 3.63) is 81.0 Å². The van der Waals surface area contributed by atoms with Gasteiger partial charge in [0.05, 0.1) is 10.9 Å². The van der Waals surface area contributed by atoms with Crippen LogP contribution in [0.2, 0.25) is 0 Å². The Morgan fingerprint density at radius 2 is 1.67 bits per heavy atom. The zero-order chi connectivity index (χ0) is 28.5. The van der Waals surface area contributed by atoms with Gasteiger partial charge in [0, 0.05) is 6.42 Å². The Labute approximate surface area is 230 Å². The summed E-state index contributed by atoms with van der Waals surface area (Å²) in [4.78, 5) is 68.0. The first-order valence-electron chi connectivity index (χ1n) is 12.8. The van der Waals surface area contributed by atoms with Crippen molar-refractivity contribution in [3.63, 3.8) is 0 Å². The van der Waals surface area contributed by atoms with Gasteiger partial charge in [0.25, 0.3) is 5.56 Å². The topological polar surface area (TPSA) is 150 Å². The molecule has 4 atom stereocenters. The summed E-state index contributed by atoms with van der Waals surface area (Å²) in [5.74, 6) is -2.32. The number of carbonyl (C=O) groups is 3. The van der Waals surface area contributed by atoms with E-state index in [1.165, 1.54) is 11.8 Å². The molecular formula is C28H34N4O6S. The zero-order valence-electron chi connectivity index (χ0n) is 22.2. The molecule has 0 saturated carbocycles. The Bertz CT molecular complexity index is 1420. The van der Waals surface area contributed by atoms with Gasteiger partial charge in [-0.1, -0.05) is 62.7 Å². The Morgan fingerprint density at radius 3 is 2.31 bits per heavy atom. The Hall–Kier alpha value is -3.86. The normalized spacial score (nSPS) is 14.2. The van der Waals surface area contributed by atoms with Crippen LogP contribution >= 0.6 is 11.8 Å². The second kappa shape index (κ2) is 13.8. The summed E-state index contributed by atoms with van der Waals surface area (Å²) in [5.41, 5.74) is -0.311. The van der Waals surface area contributed by atoms with Crippen LogP contribution in [0.1, 0.15) is 38.3 Å². The van der Waals surface area contributed by atoms with Crippen molar-refractivity contribution in [2.24, 2.45) is 5.92 Å². The number of thioether (sulfide) groups is 1. The summed E-state index contributed by atoms with van der Waals surface area (Å²) in [6, 6.07) is 12.0. The lowest BCUT2D eigenvalue weighted by atomic mass is 9.96. The molecule has 11 heteroatoms. The summed E-state index contributed by atoms with van der Waals surface area (Å²) >= 11 is 1.46. The molecule has 3 rings (SSSR count). The van der Waals surface area contributed by atoms with Gasteiger partial charge < -0.3 is 20.7 Å². The maximum absolute atomic E-state index is 13.8. The molecule has 0 aliphatic rings. The lowest BCUT2D eigenvalue weighted by Crippen LogP contribution is -2.56. The van der Waals surface area contributed by atoms with Crippen LogP contribution in [0, 0.1) is 5.92 Å². The molecule has 0 radical (unpaired) electrons. The predicted octanol–water partition coefficient (Wildman–Crippen LogP) is 2.33. The van der Waals surface area contributed by atoms with Crippen LogP contribution in [-0.2, 0) is 20.8 Å². The van der Waals surface area contributed by atoms with Crippen LogP contribution in [-0.4, -0.2) is 56.5 Å². The summed E-state index contributed by atoms with van der Waals surface area (Å²) in [7, 11) is 0. The SMILES string of the molecule is CC[C@H](C)[C@H](NC(=O)[C@H](Cc1ccccc1)n1c(=O)[nH]c2ccccc2c1=O)C(=O)N[C@@H](CCSC)C(=O)O. The second-order valence-corrected chi connectivity index (χ2v) is 10.4. The van der Waals surface area contributed by atoms with E-state index in [0.717, 1.165) is 4.57 Å². The lowest BCUT2D eigenvalue weighted by molar-refractivity contribution is -0.142. The third kappa shape index (κ3) is 7.38. The smallest absolute Gasteiger partial charge is 0.329 e. The molecule has 2 amide bonds. The van der Waals surface area contributed by atoms with Gasteiger partial charge in [-0.15, -0.1) is 0 Å². The summed E-state index contributed by atoms with van der Waals surface area (Å²) in [5, 5.41) is 15.1. The first-order valence-corrected chi connectivity index (χ1v) is 14.2. The van der Waals surface area contributed by atoms with Gasteiger partial charge >= 0.3 is 11.7 Å². The summed E-state index contributed by atoms with van der Waals surface area (Å²) < 4.78 is 0.884. The van der Waals surface area contributed by atoms with Crippen molar-refractivity contribution < 1.29 is 19.5 Å². The highest BCUT2D eigenvalue weighted by molar-refractivity contribution is 7.98. The van der Waals surface area contributed by atoms with Crippen molar-refractivity contribution in [2.75, 3.05) is 12.0 Å². The number of carboxylic acids is 1. The fourth-order valence-electron chi connectivity index (χ4n) is 4.30. The van der Waals surface area contributed by atoms with Crippen molar-refractivity contribution in [3.8, 4) is 0 Å². The van der Waals surface area contributed by atoms with Crippen LogP contribution in [0.4, 0.5) is 0 Å². The molecule has 0 fully saturated rings. The lowest BCUT2D eigenvalue weighted by Gasteiger charge is -2.28. The number of carbonyl (C=O) groups excluding carboxylic acids is 2. The van der Waals surface area contributed by atoms with Gasteiger partial charge in [0.15, 0.2) is 0 Å². The van der Waals surface area contributed by atoms with Crippen LogP contribution in [0.3, 0.4) is 0 Å². The molecule has 0 saturated heterocycles. The van der Waals surface area contributed by atoms with E-state index >= 15 is 0 Å². The predicted molar refractivity (Wildman–Crippen MR) is 152 cm³/mol. The molecule has 208 valence electrons. The number of para-hydroxylation sites is 1. The van der Waals surface area contributed by atoms with Crippen molar-refractivity contribution in [1.82, 2.24) is 20.2 Å². The molecule has 0 unspecified atom stereocenters. The molecule has 1 aromatic heterocycles. The first kappa shape index (κ1) is 29.7. The molecule has 0 bridgehead atoms. The molecule has 1 heterocycles. The van der Waals surface area contributed by atoms with Gasteiger partial charge in [-0.05, 0) is 42.0 Å². The fourth-order valence-corrected chi connectivity index (χ4v) is 4.78. The van der Waals surface area contributed by atoms with Crippen LogP contribution < -0.4 is 21.9 Å². The third-order valence-corrected chi connectivity index (χ3v) is 7.39. The highest BCUT2D eigenvalue weighted by atomic mass is 32.2. The Kier molecular flexibility index (Phi) is 10.5. The van der Waals surface area contributed by atoms with Crippen molar-refractivity contribution >= 4 is 40.4 Å². The van der Waals surface area contributed by atoms with Gasteiger partial charge in [-0.2, -0.15) is 11.8 Å². The minimum absolute atomic E-state index is 0.0221. The van der Waals surface area contributed by atoms with Crippen molar-refractivity contribution in [2.45, 2.75) is 51.2 Å². The van der Waals surface area contributed by atoms with Gasteiger partial charge in [0.1, 0.15) is 18.1 Å². The molecule has 3 aromatic rings. The van der Waals surface area contributed by atoms with E-state index < -0.39 is 47.2 Å². The summed E-state index contributed by atoms with van der Waals surface area (Å²) in [6.45, 7) is 3.61. The third-order valence-electron chi connectivity index (χ3n) is 6.74. The standard InChI is InChI=1S/C28H34N4O6S/c1-4-17(2)23(25(34)29-21(27(36)37)14-15-39-3)31-24(33)22(16-18-10-6-5-7-11-18)32-26(35)19-12-8-9-13-20(19)30-28(32)38/h5-13,17,21-23H,4,14-16H2,1-3H3,(H,29,34)(H,30,38)(H,31,33)(H,36,37)/t17-,21-,22-,23-/m0/s1. The molecule has 2 aromatic carbocycles.